The summed E-state index contributed by atoms with van der Waals surface area (Å²) in [6.45, 7) is 0. The van der Waals surface area contributed by atoms with Gasteiger partial charge in [0.25, 0.3) is 0 Å². The van der Waals surface area contributed by atoms with Crippen molar-refractivity contribution in [2.75, 3.05) is 12.3 Å². The minimum Gasteiger partial charge on any atom is -0.313 e. The highest BCUT2D eigenvalue weighted by Gasteiger charge is 2.31. The van der Waals surface area contributed by atoms with Crippen molar-refractivity contribution in [2.45, 2.75) is 0 Å². The van der Waals surface area contributed by atoms with Gasteiger partial charge in [0.05, 0.1) is 24.8 Å². The fraction of sp³-hybridized carbons (Fsp3) is 0.0556. The van der Waals surface area contributed by atoms with E-state index >= 15 is 0 Å². The lowest BCUT2D eigenvalue weighted by molar-refractivity contribution is -0.119. The van der Waals surface area contributed by atoms with Gasteiger partial charge >= 0.3 is 0 Å². The molecule has 10 heteroatoms. The van der Waals surface area contributed by atoms with Crippen LogP contribution in [0.25, 0.3) is 0 Å². The van der Waals surface area contributed by atoms with Crippen molar-refractivity contribution in [1.82, 2.24) is 10.9 Å². The molecule has 0 bridgehead atoms. The summed E-state index contributed by atoms with van der Waals surface area (Å²) in [6.07, 6.45) is 2.54. The van der Waals surface area contributed by atoms with Gasteiger partial charge in [0.2, 0.25) is 11.8 Å². The van der Waals surface area contributed by atoms with Crippen LogP contribution in [0.5, 0.6) is 0 Å². The van der Waals surface area contributed by atoms with Gasteiger partial charge in [0.15, 0.2) is 14.3 Å². The monoisotopic (exact) mass is 646 g/mol. The second kappa shape index (κ2) is 15.2. The number of hydrogen-bond acceptors (Lipinski definition) is 6. The smallest absolute Gasteiger partial charge is 0.248 e. The molecule has 2 amide bonds. The summed E-state index contributed by atoms with van der Waals surface area (Å²) < 4.78 is 28.1. The molecule has 46 heavy (non-hydrogen) atoms. The Morgan fingerprint density at radius 1 is 0.457 bits per heavy atom. The molecule has 8 nitrogen and oxygen atoms in total. The van der Waals surface area contributed by atoms with Crippen LogP contribution in [0.4, 0.5) is 0 Å². The van der Waals surface area contributed by atoms with Crippen LogP contribution >= 0.6 is 14.3 Å². The van der Waals surface area contributed by atoms with Gasteiger partial charge in [-0.2, -0.15) is 10.2 Å². The second-order valence-corrected chi connectivity index (χ2v) is 16.0. The Balaban J connectivity index is 1.17. The lowest BCUT2D eigenvalue weighted by Gasteiger charge is -2.18. The fourth-order valence-corrected chi connectivity index (χ4v) is 9.73. The third-order valence-electron chi connectivity index (χ3n) is 7.17. The fourth-order valence-electron chi connectivity index (χ4n) is 4.84. The topological polar surface area (TPSA) is 117 Å². The Labute approximate surface area is 268 Å². The van der Waals surface area contributed by atoms with Crippen molar-refractivity contribution in [3.8, 4) is 0 Å². The number of benzene rings is 5. The third-order valence-corrected chi connectivity index (χ3v) is 13.2. The molecule has 0 atom stereocenters. The molecule has 5 aromatic carbocycles. The van der Waals surface area contributed by atoms with Crippen LogP contribution in [0.2, 0.25) is 0 Å². The van der Waals surface area contributed by atoms with Gasteiger partial charge in [-0.1, -0.05) is 146 Å². The summed E-state index contributed by atoms with van der Waals surface area (Å²) in [7, 11) is -6.41. The molecule has 0 heterocycles. The second-order valence-electron chi connectivity index (χ2n) is 10.4. The predicted octanol–water partition coefficient (Wildman–Crippen LogP) is 4.62. The van der Waals surface area contributed by atoms with Gasteiger partial charge in [-0.25, -0.2) is 10.9 Å². The van der Waals surface area contributed by atoms with Gasteiger partial charge in [-0.05, 0) is 11.1 Å². The molecule has 0 aromatic heterocycles. The molecular weight excluding hydrogens is 614 g/mol. The highest BCUT2D eigenvalue weighted by Crippen LogP contribution is 2.43. The van der Waals surface area contributed by atoms with Crippen molar-refractivity contribution >= 4 is 59.7 Å². The Bertz CT molecular complexity index is 1690. The quantitative estimate of drug-likeness (QED) is 0.117. The molecule has 2 N–H and O–H groups in total. The van der Waals surface area contributed by atoms with Gasteiger partial charge < -0.3 is 9.13 Å². The maximum absolute atomic E-state index is 14.1. The van der Waals surface area contributed by atoms with Crippen LogP contribution in [0.3, 0.4) is 0 Å². The van der Waals surface area contributed by atoms with Crippen LogP contribution in [0.15, 0.2) is 156 Å². The van der Waals surface area contributed by atoms with E-state index < -0.39 is 26.1 Å². The maximum Gasteiger partial charge on any atom is 0.248 e. The van der Waals surface area contributed by atoms with E-state index in [1.54, 1.807) is 121 Å². The Hall–Kier alpha value is -5.16. The first kappa shape index (κ1) is 32.2. The summed E-state index contributed by atoms with van der Waals surface area (Å²) >= 11 is 0. The van der Waals surface area contributed by atoms with Gasteiger partial charge in [0.1, 0.15) is 0 Å². The van der Waals surface area contributed by atoms with Crippen molar-refractivity contribution in [3.05, 3.63) is 157 Å². The normalized spacial score (nSPS) is 11.8. The SMILES string of the molecule is O=C(CP(=O)(c1ccccc1)c1ccccc1)NN=Cc1ccc(C=NNC(=O)CP(=O)(c2ccccc2)c2ccccc2)cc1. The number of hydrogen-bond donors (Lipinski definition) is 2. The van der Waals surface area contributed by atoms with Crippen LogP contribution in [-0.2, 0) is 18.7 Å². The Morgan fingerprint density at radius 2 is 0.717 bits per heavy atom. The largest absolute Gasteiger partial charge is 0.313 e. The first-order valence-corrected chi connectivity index (χ1v) is 18.3. The molecule has 0 saturated carbocycles. The highest BCUT2D eigenvalue weighted by molar-refractivity contribution is 7.79. The lowest BCUT2D eigenvalue weighted by atomic mass is 10.2. The number of carbonyl (C=O) groups excluding carboxylic acids is 2. The average Bonchev–Trinajstić information content (AvgIpc) is 3.10. The number of hydrazone groups is 2. The first-order chi connectivity index (χ1) is 22.4. The molecular formula is C36H32N4O4P2. The minimum absolute atomic E-state index is 0.217. The van der Waals surface area contributed by atoms with E-state index in [4.69, 9.17) is 0 Å². The summed E-state index contributed by atoms with van der Waals surface area (Å²) in [5.41, 5.74) is 6.40. The predicted molar refractivity (Wildman–Crippen MR) is 187 cm³/mol. The van der Waals surface area contributed by atoms with Crippen molar-refractivity contribution in [1.29, 1.82) is 0 Å². The maximum atomic E-state index is 14.1. The zero-order chi connectivity index (χ0) is 32.2. The molecule has 0 saturated heterocycles. The average molecular weight is 647 g/mol. The van der Waals surface area contributed by atoms with E-state index in [0.717, 1.165) is 0 Å². The number of carbonyl (C=O) groups is 2. The Morgan fingerprint density at radius 3 is 0.978 bits per heavy atom. The minimum atomic E-state index is -3.21. The Kier molecular flexibility index (Phi) is 10.7. The van der Waals surface area contributed by atoms with Gasteiger partial charge in [-0.3, -0.25) is 9.59 Å². The first-order valence-electron chi connectivity index (χ1n) is 14.5. The van der Waals surface area contributed by atoms with Gasteiger partial charge in [0, 0.05) is 21.2 Å². The zero-order valence-electron chi connectivity index (χ0n) is 24.8. The number of nitrogens with zero attached hydrogens (tertiary/aromatic N) is 2. The van der Waals surface area contributed by atoms with Gasteiger partial charge in [-0.15, -0.1) is 0 Å². The van der Waals surface area contributed by atoms with Crippen LogP contribution < -0.4 is 32.1 Å². The van der Waals surface area contributed by atoms with E-state index in [-0.39, 0.29) is 12.3 Å². The summed E-state index contributed by atoms with van der Waals surface area (Å²) in [6, 6.07) is 43.1. The molecule has 0 fully saturated rings. The molecule has 5 rings (SSSR count). The van der Waals surface area contributed by atoms with E-state index in [9.17, 15) is 18.7 Å². The van der Waals surface area contributed by atoms with Crippen molar-refractivity contribution in [3.63, 3.8) is 0 Å². The molecule has 0 aliphatic heterocycles. The molecule has 5 aromatic rings. The van der Waals surface area contributed by atoms with Crippen LogP contribution in [0, 0.1) is 0 Å². The lowest BCUT2D eigenvalue weighted by Crippen LogP contribution is -2.28. The highest BCUT2D eigenvalue weighted by atomic mass is 31.2. The molecule has 0 aliphatic carbocycles. The standard InChI is InChI=1S/C36H32N4O4P2/c41-35(27-45(43,31-13-5-1-6-14-31)32-15-7-2-8-16-32)39-37-25-29-21-23-30(24-22-29)26-38-40-36(42)28-46(44,33-17-9-3-10-18-33)34-19-11-4-12-20-34/h1-26H,27-28H2,(H,39,41)(H,40,42). The molecule has 0 spiro atoms. The third kappa shape index (κ3) is 8.10. The van der Waals surface area contributed by atoms with Crippen molar-refractivity contribution in [2.24, 2.45) is 10.2 Å². The summed E-state index contributed by atoms with van der Waals surface area (Å²) in [5, 5.41) is 10.5. The number of rotatable bonds is 12. The molecule has 0 unspecified atom stereocenters. The molecule has 230 valence electrons. The zero-order valence-corrected chi connectivity index (χ0v) is 26.6. The molecule has 0 radical (unpaired) electrons. The van der Waals surface area contributed by atoms with Crippen LogP contribution in [0.1, 0.15) is 11.1 Å². The van der Waals surface area contributed by atoms with Crippen molar-refractivity contribution < 1.29 is 18.7 Å². The number of nitrogens with one attached hydrogen (secondary N) is 2. The van der Waals surface area contributed by atoms with E-state index in [1.165, 1.54) is 12.4 Å². The number of amides is 2. The summed E-state index contributed by atoms with van der Waals surface area (Å²) in [5.74, 6) is -0.924. The van der Waals surface area contributed by atoms with E-state index in [1.807, 2.05) is 24.3 Å². The van der Waals surface area contributed by atoms with Crippen LogP contribution in [-0.4, -0.2) is 36.6 Å². The van der Waals surface area contributed by atoms with E-state index in [0.29, 0.717) is 32.3 Å². The van der Waals surface area contributed by atoms with E-state index in [2.05, 4.69) is 21.1 Å². The summed E-state index contributed by atoms with van der Waals surface area (Å²) in [4.78, 5) is 25.6. The molecule has 0 aliphatic rings.